The third-order valence-electron chi connectivity index (χ3n) is 5.73. The third kappa shape index (κ3) is 5.56. The molecular weight excluding hydrogens is 414 g/mol. The number of nitrogens with zero attached hydrogens (tertiary/aromatic N) is 1. The lowest BCUT2D eigenvalue weighted by atomic mass is 9.90. The van der Waals surface area contributed by atoms with Gasteiger partial charge in [-0.15, -0.1) is 0 Å². The second kappa shape index (κ2) is 10.9. The molecule has 3 rings (SSSR count). The molecule has 1 unspecified atom stereocenters. The summed E-state index contributed by atoms with van der Waals surface area (Å²) in [5.74, 6) is 0.899. The second-order valence-corrected chi connectivity index (χ2v) is 7.79. The Kier molecular flexibility index (Phi) is 8.05. The van der Waals surface area contributed by atoms with Crippen LogP contribution in [0.4, 0.5) is 0 Å². The van der Waals surface area contributed by atoms with Crippen LogP contribution in [0.2, 0.25) is 0 Å². The summed E-state index contributed by atoms with van der Waals surface area (Å²) in [6.07, 6.45) is 2.80. The van der Waals surface area contributed by atoms with Gasteiger partial charge in [0, 0.05) is 13.1 Å². The van der Waals surface area contributed by atoms with Crippen LogP contribution in [-0.2, 0) is 4.74 Å². The van der Waals surface area contributed by atoms with Crippen LogP contribution in [-0.4, -0.2) is 68.7 Å². The van der Waals surface area contributed by atoms with Gasteiger partial charge in [-0.1, -0.05) is 6.07 Å². The van der Waals surface area contributed by atoms with Crippen molar-refractivity contribution in [1.29, 1.82) is 0 Å². The van der Waals surface area contributed by atoms with Crippen LogP contribution in [0.1, 0.15) is 41.1 Å². The van der Waals surface area contributed by atoms with E-state index in [1.165, 1.54) is 27.4 Å². The van der Waals surface area contributed by atoms with Crippen molar-refractivity contribution in [2.75, 3.05) is 47.6 Å². The van der Waals surface area contributed by atoms with Crippen molar-refractivity contribution in [2.24, 2.45) is 0 Å². The van der Waals surface area contributed by atoms with Gasteiger partial charge in [0.15, 0.2) is 23.0 Å². The lowest BCUT2D eigenvalue weighted by Crippen LogP contribution is -2.35. The average Bonchev–Trinajstić information content (AvgIpc) is 2.82. The summed E-state index contributed by atoms with van der Waals surface area (Å²) >= 11 is 0. The maximum atomic E-state index is 12.5. The number of aromatic hydroxyl groups is 2. The fraction of sp³-hybridized carbons (Fsp3) is 0.458. The molecule has 2 aromatic rings. The zero-order chi connectivity index (χ0) is 23.1. The van der Waals surface area contributed by atoms with E-state index in [1.54, 1.807) is 18.2 Å². The molecule has 0 aromatic heterocycles. The smallest absolute Gasteiger partial charge is 0.338 e. The highest BCUT2D eigenvalue weighted by Crippen LogP contribution is 2.38. The first kappa shape index (κ1) is 23.5. The molecule has 2 N–H and O–H groups in total. The first-order valence-electron chi connectivity index (χ1n) is 10.7. The molecule has 1 atom stereocenters. The predicted octanol–water partition coefficient (Wildman–Crippen LogP) is 3.55. The highest BCUT2D eigenvalue weighted by molar-refractivity contribution is 5.91. The van der Waals surface area contributed by atoms with E-state index in [0.717, 1.165) is 38.0 Å². The Morgan fingerprint density at radius 2 is 1.75 bits per heavy atom. The number of phenols is 2. The fourth-order valence-electron chi connectivity index (χ4n) is 4.06. The highest BCUT2D eigenvalue weighted by Gasteiger charge is 2.22. The average molecular weight is 446 g/mol. The third-order valence-corrected chi connectivity index (χ3v) is 5.73. The number of carbonyl (C=O) groups excluding carboxylic acids is 1. The fourth-order valence-corrected chi connectivity index (χ4v) is 4.06. The molecule has 1 saturated heterocycles. The minimum absolute atomic E-state index is 0.0849. The van der Waals surface area contributed by atoms with E-state index >= 15 is 0 Å². The minimum atomic E-state index is -0.444. The lowest BCUT2D eigenvalue weighted by Gasteiger charge is -2.33. The summed E-state index contributed by atoms with van der Waals surface area (Å²) in [5, 5.41) is 19.3. The Bertz CT molecular complexity index is 906. The van der Waals surface area contributed by atoms with E-state index in [-0.39, 0.29) is 11.5 Å². The summed E-state index contributed by atoms with van der Waals surface area (Å²) in [5.41, 5.74) is 1.36. The molecule has 174 valence electrons. The highest BCUT2D eigenvalue weighted by atomic mass is 16.5. The van der Waals surface area contributed by atoms with Crippen molar-refractivity contribution in [3.05, 3.63) is 41.5 Å². The van der Waals surface area contributed by atoms with Crippen molar-refractivity contribution >= 4 is 5.97 Å². The van der Waals surface area contributed by atoms with E-state index < -0.39 is 5.97 Å². The molecule has 1 aliphatic heterocycles. The van der Waals surface area contributed by atoms with Crippen LogP contribution in [0.15, 0.2) is 30.3 Å². The predicted molar refractivity (Wildman–Crippen MR) is 119 cm³/mol. The molecule has 0 amide bonds. The molecule has 1 fully saturated rings. The number of benzene rings is 2. The van der Waals surface area contributed by atoms with Crippen molar-refractivity contribution in [2.45, 2.75) is 25.2 Å². The normalized spacial score (nSPS) is 16.4. The van der Waals surface area contributed by atoms with Gasteiger partial charge in [-0.2, -0.15) is 0 Å². The van der Waals surface area contributed by atoms with Gasteiger partial charge in [-0.3, -0.25) is 0 Å². The van der Waals surface area contributed by atoms with Gasteiger partial charge in [0.2, 0.25) is 5.75 Å². The van der Waals surface area contributed by atoms with Crippen LogP contribution < -0.4 is 14.2 Å². The molecule has 0 bridgehead atoms. The molecule has 8 heteroatoms. The first-order valence-corrected chi connectivity index (χ1v) is 10.7. The monoisotopic (exact) mass is 445 g/mol. The number of hydrogen-bond acceptors (Lipinski definition) is 8. The molecule has 2 aromatic carbocycles. The SMILES string of the molecule is COc1cc(C(=O)OCCCN2CCCC(c3ccc(O)c(O)c3)C2)cc(OC)c1OC. The Morgan fingerprint density at radius 1 is 1.03 bits per heavy atom. The Morgan fingerprint density at radius 3 is 2.38 bits per heavy atom. The molecule has 1 aliphatic rings. The Labute approximate surface area is 188 Å². The molecule has 0 radical (unpaired) electrons. The number of phenolic OH excluding ortho intramolecular Hbond substituents is 2. The zero-order valence-electron chi connectivity index (χ0n) is 18.8. The lowest BCUT2D eigenvalue weighted by molar-refractivity contribution is 0.0483. The molecule has 0 aliphatic carbocycles. The van der Waals surface area contributed by atoms with Crippen molar-refractivity contribution in [3.63, 3.8) is 0 Å². The van der Waals surface area contributed by atoms with Crippen molar-refractivity contribution < 1.29 is 34.0 Å². The summed E-state index contributed by atoms with van der Waals surface area (Å²) in [6, 6.07) is 8.19. The number of likely N-dealkylation sites (tertiary alicyclic amines) is 1. The maximum Gasteiger partial charge on any atom is 0.338 e. The first-order chi connectivity index (χ1) is 15.5. The largest absolute Gasteiger partial charge is 0.504 e. The quantitative estimate of drug-likeness (QED) is 0.344. The van der Waals surface area contributed by atoms with Gasteiger partial charge in [0.05, 0.1) is 33.5 Å². The second-order valence-electron chi connectivity index (χ2n) is 7.79. The summed E-state index contributed by atoms with van der Waals surface area (Å²) in [4.78, 5) is 14.8. The number of ether oxygens (including phenoxy) is 4. The Hall–Kier alpha value is -3.13. The van der Waals surface area contributed by atoms with Gasteiger partial charge in [0.1, 0.15) is 0 Å². The topological polar surface area (TPSA) is 97.7 Å². The number of piperidine rings is 1. The number of esters is 1. The summed E-state index contributed by atoms with van der Waals surface area (Å²) in [6.45, 7) is 2.96. The summed E-state index contributed by atoms with van der Waals surface area (Å²) in [7, 11) is 4.50. The van der Waals surface area contributed by atoms with E-state index in [1.807, 2.05) is 6.07 Å². The van der Waals surface area contributed by atoms with Crippen molar-refractivity contribution in [1.82, 2.24) is 4.90 Å². The molecule has 0 spiro atoms. The van der Waals surface area contributed by atoms with Gasteiger partial charge < -0.3 is 34.1 Å². The van der Waals surface area contributed by atoms with Gasteiger partial charge >= 0.3 is 5.97 Å². The van der Waals surface area contributed by atoms with Crippen LogP contribution in [0.25, 0.3) is 0 Å². The number of carbonyl (C=O) groups is 1. The number of rotatable bonds is 9. The standard InChI is InChI=1S/C24H31NO7/c1-29-21-13-18(14-22(30-2)23(21)31-3)24(28)32-11-5-10-25-9-4-6-17(15-25)16-7-8-19(26)20(27)12-16/h7-8,12-14,17,26-27H,4-6,9-11,15H2,1-3H3. The van der Waals surface area contributed by atoms with Gasteiger partial charge in [-0.25, -0.2) is 4.79 Å². The van der Waals surface area contributed by atoms with Crippen LogP contribution in [0, 0.1) is 0 Å². The number of hydrogen-bond donors (Lipinski definition) is 2. The van der Waals surface area contributed by atoms with E-state index in [9.17, 15) is 15.0 Å². The van der Waals surface area contributed by atoms with Gasteiger partial charge in [0.25, 0.3) is 0 Å². The molecular formula is C24H31NO7. The molecule has 1 heterocycles. The molecule has 32 heavy (non-hydrogen) atoms. The molecule has 0 saturated carbocycles. The summed E-state index contributed by atoms with van der Waals surface area (Å²) < 4.78 is 21.3. The van der Waals surface area contributed by atoms with Crippen molar-refractivity contribution in [3.8, 4) is 28.7 Å². The van der Waals surface area contributed by atoms with Crippen LogP contribution in [0.5, 0.6) is 28.7 Å². The Balaban J connectivity index is 1.50. The van der Waals surface area contributed by atoms with E-state index in [4.69, 9.17) is 18.9 Å². The number of methoxy groups -OCH3 is 3. The van der Waals surface area contributed by atoms with Gasteiger partial charge in [-0.05, 0) is 61.6 Å². The zero-order valence-corrected chi connectivity index (χ0v) is 18.8. The maximum absolute atomic E-state index is 12.5. The minimum Gasteiger partial charge on any atom is -0.504 e. The van der Waals surface area contributed by atoms with E-state index in [2.05, 4.69) is 4.90 Å². The van der Waals surface area contributed by atoms with E-state index in [0.29, 0.717) is 41.8 Å². The molecule has 8 nitrogen and oxygen atoms in total. The van der Waals surface area contributed by atoms with Crippen LogP contribution in [0.3, 0.4) is 0 Å². The van der Waals surface area contributed by atoms with Crippen LogP contribution >= 0.6 is 0 Å².